The maximum atomic E-state index is 11.9. The number of ether oxygens (including phenoxy) is 1. The summed E-state index contributed by atoms with van der Waals surface area (Å²) < 4.78 is 6.20. The number of hydrogen-bond donors (Lipinski definition) is 1. The molecule has 1 aromatic rings. The molecular formula is C13H17BrN2O2. The number of nitrogens with one attached hydrogen (secondary N) is 1. The fraction of sp³-hybridized carbons (Fsp3) is 0.462. The van der Waals surface area contributed by atoms with Gasteiger partial charge in [-0.1, -0.05) is 15.9 Å². The number of rotatable bonds is 5. The monoisotopic (exact) mass is 312 g/mol. The predicted molar refractivity (Wildman–Crippen MR) is 75.0 cm³/mol. The Morgan fingerprint density at radius 3 is 2.89 bits per heavy atom. The highest BCUT2D eigenvalue weighted by Gasteiger charge is 2.29. The number of hydrogen-bond acceptors (Lipinski definition) is 3. The van der Waals surface area contributed by atoms with Crippen molar-refractivity contribution >= 4 is 27.5 Å². The van der Waals surface area contributed by atoms with Gasteiger partial charge in [0.1, 0.15) is 5.75 Å². The molecule has 1 saturated carbocycles. The minimum atomic E-state index is 0.111. The lowest BCUT2D eigenvalue weighted by molar-refractivity contribution is -0.128. The number of halogens is 1. The number of carbonyl (C=O) groups excluding carboxylic acids is 1. The summed E-state index contributed by atoms with van der Waals surface area (Å²) in [6, 6.07) is 6.12. The Balaban J connectivity index is 1.96. The first kappa shape index (κ1) is 13.2. The first-order valence-electron chi connectivity index (χ1n) is 5.95. The van der Waals surface area contributed by atoms with Crippen LogP contribution >= 0.6 is 15.9 Å². The van der Waals surface area contributed by atoms with E-state index in [9.17, 15) is 4.79 Å². The lowest BCUT2D eigenvalue weighted by Gasteiger charge is -2.17. The zero-order valence-electron chi connectivity index (χ0n) is 10.6. The van der Waals surface area contributed by atoms with Gasteiger partial charge in [0.2, 0.25) is 5.91 Å². The molecule has 5 heteroatoms. The molecule has 0 saturated heterocycles. The van der Waals surface area contributed by atoms with E-state index in [2.05, 4.69) is 21.2 Å². The van der Waals surface area contributed by atoms with Gasteiger partial charge in [-0.3, -0.25) is 4.79 Å². The zero-order chi connectivity index (χ0) is 13.1. The second-order valence-corrected chi connectivity index (χ2v) is 5.35. The van der Waals surface area contributed by atoms with E-state index in [0.29, 0.717) is 12.6 Å². The molecule has 18 heavy (non-hydrogen) atoms. The fourth-order valence-corrected chi connectivity index (χ4v) is 2.14. The van der Waals surface area contributed by atoms with Crippen molar-refractivity contribution in [1.82, 2.24) is 4.90 Å². The van der Waals surface area contributed by atoms with Crippen LogP contribution in [0.3, 0.4) is 0 Å². The van der Waals surface area contributed by atoms with Gasteiger partial charge in [0.15, 0.2) is 0 Å². The number of nitrogens with zero attached hydrogens (tertiary/aromatic N) is 1. The maximum Gasteiger partial charge on any atom is 0.241 e. The van der Waals surface area contributed by atoms with Crippen LogP contribution in [-0.4, -0.2) is 37.6 Å². The van der Waals surface area contributed by atoms with Gasteiger partial charge in [-0.15, -0.1) is 0 Å². The van der Waals surface area contributed by atoms with Gasteiger partial charge in [0, 0.05) is 17.6 Å². The van der Waals surface area contributed by atoms with Crippen LogP contribution in [-0.2, 0) is 4.79 Å². The standard InChI is InChI=1S/C13H17BrN2O2/c1-16(10-4-5-10)13(17)8-15-11-7-9(14)3-6-12(11)18-2/h3,6-7,10,15H,4-5,8H2,1-2H3. The number of benzene rings is 1. The Bertz CT molecular complexity index is 447. The van der Waals surface area contributed by atoms with Gasteiger partial charge < -0.3 is 15.0 Å². The quantitative estimate of drug-likeness (QED) is 0.908. The van der Waals surface area contributed by atoms with E-state index in [4.69, 9.17) is 4.74 Å². The molecule has 0 bridgehead atoms. The minimum absolute atomic E-state index is 0.111. The van der Waals surface area contributed by atoms with E-state index in [1.165, 1.54) is 0 Å². The molecule has 0 aliphatic heterocycles. The largest absolute Gasteiger partial charge is 0.495 e. The van der Waals surface area contributed by atoms with Gasteiger partial charge in [-0.05, 0) is 31.0 Å². The third kappa shape index (κ3) is 3.16. The van der Waals surface area contributed by atoms with E-state index in [1.807, 2.05) is 30.1 Å². The molecule has 1 aliphatic carbocycles. The summed E-state index contributed by atoms with van der Waals surface area (Å²) >= 11 is 3.40. The third-order valence-corrected chi connectivity index (χ3v) is 3.57. The summed E-state index contributed by atoms with van der Waals surface area (Å²) in [5, 5.41) is 3.12. The van der Waals surface area contributed by atoms with Crippen molar-refractivity contribution in [3.05, 3.63) is 22.7 Å². The van der Waals surface area contributed by atoms with Crippen LogP contribution in [0.2, 0.25) is 0 Å². The highest BCUT2D eigenvalue weighted by molar-refractivity contribution is 9.10. The molecule has 98 valence electrons. The van der Waals surface area contributed by atoms with Crippen molar-refractivity contribution in [3.8, 4) is 5.75 Å². The van der Waals surface area contributed by atoms with Crippen molar-refractivity contribution in [3.63, 3.8) is 0 Å². The lowest BCUT2D eigenvalue weighted by Crippen LogP contribution is -2.33. The summed E-state index contributed by atoms with van der Waals surface area (Å²) in [7, 11) is 3.48. The van der Waals surface area contributed by atoms with Gasteiger partial charge in [-0.25, -0.2) is 0 Å². The van der Waals surface area contributed by atoms with Crippen molar-refractivity contribution in [1.29, 1.82) is 0 Å². The Labute approximate surface area is 115 Å². The SMILES string of the molecule is COc1ccc(Br)cc1NCC(=O)N(C)C1CC1. The van der Waals surface area contributed by atoms with Crippen LogP contribution in [0.4, 0.5) is 5.69 Å². The summed E-state index contributed by atoms with van der Waals surface area (Å²) in [5.74, 6) is 0.847. The van der Waals surface area contributed by atoms with Crippen LogP contribution in [0.15, 0.2) is 22.7 Å². The topological polar surface area (TPSA) is 41.6 Å². The number of methoxy groups -OCH3 is 1. The predicted octanol–water partition coefficient (Wildman–Crippen LogP) is 2.49. The molecule has 1 N–H and O–H groups in total. The van der Waals surface area contributed by atoms with Crippen molar-refractivity contribution in [2.75, 3.05) is 26.0 Å². The highest BCUT2D eigenvalue weighted by Crippen LogP contribution is 2.28. The van der Waals surface area contributed by atoms with Gasteiger partial charge >= 0.3 is 0 Å². The molecule has 0 unspecified atom stereocenters. The number of carbonyl (C=O) groups is 1. The number of amides is 1. The van der Waals surface area contributed by atoms with Crippen LogP contribution in [0.5, 0.6) is 5.75 Å². The number of likely N-dealkylation sites (N-methyl/N-ethyl adjacent to an activating group) is 1. The lowest BCUT2D eigenvalue weighted by atomic mass is 10.3. The van der Waals surface area contributed by atoms with Gasteiger partial charge in [0.05, 0.1) is 19.3 Å². The molecule has 0 atom stereocenters. The normalized spacial score (nSPS) is 14.2. The summed E-state index contributed by atoms with van der Waals surface area (Å²) in [6.07, 6.45) is 2.25. The molecular weight excluding hydrogens is 296 g/mol. The summed E-state index contributed by atoms with van der Waals surface area (Å²) in [5.41, 5.74) is 0.824. The van der Waals surface area contributed by atoms with Crippen molar-refractivity contribution in [2.24, 2.45) is 0 Å². The first-order valence-corrected chi connectivity index (χ1v) is 6.74. The van der Waals surface area contributed by atoms with E-state index in [1.54, 1.807) is 7.11 Å². The van der Waals surface area contributed by atoms with E-state index in [0.717, 1.165) is 28.8 Å². The molecule has 0 aromatic heterocycles. The summed E-state index contributed by atoms with van der Waals surface area (Å²) in [4.78, 5) is 13.7. The molecule has 1 fully saturated rings. The van der Waals surface area contributed by atoms with Gasteiger partial charge in [-0.2, -0.15) is 0 Å². The smallest absolute Gasteiger partial charge is 0.241 e. The molecule has 1 aromatic carbocycles. The fourth-order valence-electron chi connectivity index (χ4n) is 1.78. The molecule has 4 nitrogen and oxygen atoms in total. The average molecular weight is 313 g/mol. The van der Waals surface area contributed by atoms with Gasteiger partial charge in [0.25, 0.3) is 0 Å². The Morgan fingerprint density at radius 2 is 2.28 bits per heavy atom. The minimum Gasteiger partial charge on any atom is -0.495 e. The second-order valence-electron chi connectivity index (χ2n) is 4.43. The highest BCUT2D eigenvalue weighted by atomic mass is 79.9. The maximum absolute atomic E-state index is 11.9. The van der Waals surface area contributed by atoms with E-state index < -0.39 is 0 Å². The molecule has 1 amide bonds. The van der Waals surface area contributed by atoms with E-state index >= 15 is 0 Å². The number of anilines is 1. The average Bonchev–Trinajstić information content (AvgIpc) is 3.19. The molecule has 1 aliphatic rings. The first-order chi connectivity index (χ1) is 8.61. The Morgan fingerprint density at radius 1 is 1.56 bits per heavy atom. The Kier molecular flexibility index (Phi) is 4.11. The summed E-state index contributed by atoms with van der Waals surface area (Å²) in [6.45, 7) is 0.291. The second kappa shape index (κ2) is 5.61. The van der Waals surface area contributed by atoms with E-state index in [-0.39, 0.29) is 5.91 Å². The van der Waals surface area contributed by atoms with Crippen LogP contribution in [0.1, 0.15) is 12.8 Å². The van der Waals surface area contributed by atoms with Crippen LogP contribution < -0.4 is 10.1 Å². The molecule has 0 spiro atoms. The zero-order valence-corrected chi connectivity index (χ0v) is 12.2. The van der Waals surface area contributed by atoms with Crippen molar-refractivity contribution < 1.29 is 9.53 Å². The third-order valence-electron chi connectivity index (χ3n) is 3.08. The molecule has 2 rings (SSSR count). The van der Waals surface area contributed by atoms with Crippen LogP contribution in [0, 0.1) is 0 Å². The van der Waals surface area contributed by atoms with Crippen LogP contribution in [0.25, 0.3) is 0 Å². The molecule has 0 heterocycles. The Hall–Kier alpha value is -1.23. The molecule has 0 radical (unpaired) electrons. The van der Waals surface area contributed by atoms with Crippen molar-refractivity contribution in [2.45, 2.75) is 18.9 Å².